The van der Waals surface area contributed by atoms with Gasteiger partial charge in [0.2, 0.25) is 5.91 Å². The van der Waals surface area contributed by atoms with Crippen molar-refractivity contribution in [1.82, 2.24) is 15.1 Å². The number of carboxylic acids is 1. The van der Waals surface area contributed by atoms with Crippen LogP contribution in [-0.4, -0.2) is 26.8 Å². The molecule has 3 aromatic rings. The highest BCUT2D eigenvalue weighted by Gasteiger charge is 2.12. The molecule has 0 aliphatic heterocycles. The summed E-state index contributed by atoms with van der Waals surface area (Å²) in [7, 11) is 0. The first-order valence-electron chi connectivity index (χ1n) is 7.51. The van der Waals surface area contributed by atoms with Crippen LogP contribution in [-0.2, 0) is 17.9 Å². The van der Waals surface area contributed by atoms with Crippen LogP contribution in [0.3, 0.4) is 0 Å². The maximum atomic E-state index is 12.4. The van der Waals surface area contributed by atoms with Crippen molar-refractivity contribution in [3.63, 3.8) is 0 Å². The van der Waals surface area contributed by atoms with E-state index in [1.54, 1.807) is 25.1 Å². The minimum absolute atomic E-state index is 0.193. The zero-order chi connectivity index (χ0) is 18.0. The highest BCUT2D eigenvalue weighted by atomic mass is 32.1. The number of amides is 1. The standard InChI is InChI=1S/C17H15N3O4S/c1-10-12-4-2-3-5-13(12)16(22)20(19-10)9-15(21)18-8-11-6-7-14(25-11)17(23)24/h2-7H,8-9H2,1H3,(H,18,21)(H,23,24). The number of nitrogens with zero attached hydrogens (tertiary/aromatic N) is 2. The number of carbonyl (C=O) groups excluding carboxylic acids is 1. The molecule has 25 heavy (non-hydrogen) atoms. The van der Waals surface area contributed by atoms with Crippen molar-refractivity contribution in [3.05, 3.63) is 62.2 Å². The second-order valence-corrected chi connectivity index (χ2v) is 6.61. The third-order valence-electron chi connectivity index (χ3n) is 3.68. The molecule has 0 unspecified atom stereocenters. The fourth-order valence-electron chi connectivity index (χ4n) is 2.48. The van der Waals surface area contributed by atoms with Gasteiger partial charge < -0.3 is 10.4 Å². The molecule has 0 bridgehead atoms. The lowest BCUT2D eigenvalue weighted by Gasteiger charge is -2.09. The van der Waals surface area contributed by atoms with Crippen LogP contribution in [0.4, 0.5) is 0 Å². The molecule has 0 aliphatic rings. The molecule has 2 N–H and O–H groups in total. The lowest BCUT2D eigenvalue weighted by Crippen LogP contribution is -2.33. The van der Waals surface area contributed by atoms with E-state index in [1.807, 2.05) is 12.1 Å². The Labute approximate surface area is 146 Å². The first kappa shape index (κ1) is 16.8. The summed E-state index contributed by atoms with van der Waals surface area (Å²) in [6.45, 7) is 1.80. The van der Waals surface area contributed by atoms with Gasteiger partial charge in [0.25, 0.3) is 5.56 Å². The molecule has 1 aromatic carbocycles. The van der Waals surface area contributed by atoms with Crippen molar-refractivity contribution in [1.29, 1.82) is 0 Å². The zero-order valence-electron chi connectivity index (χ0n) is 13.4. The van der Waals surface area contributed by atoms with Crippen LogP contribution in [0.25, 0.3) is 10.8 Å². The Hall–Kier alpha value is -3.00. The Morgan fingerprint density at radius 2 is 1.92 bits per heavy atom. The third-order valence-corrected chi connectivity index (χ3v) is 4.75. The van der Waals surface area contributed by atoms with E-state index in [0.717, 1.165) is 26.3 Å². The molecule has 0 spiro atoms. The van der Waals surface area contributed by atoms with Crippen LogP contribution in [0.5, 0.6) is 0 Å². The largest absolute Gasteiger partial charge is 0.477 e. The molecular formula is C17H15N3O4S. The molecular weight excluding hydrogens is 342 g/mol. The molecule has 0 saturated heterocycles. The van der Waals surface area contributed by atoms with Crippen LogP contribution in [0.15, 0.2) is 41.2 Å². The second kappa shape index (κ2) is 6.86. The highest BCUT2D eigenvalue weighted by Crippen LogP contribution is 2.16. The van der Waals surface area contributed by atoms with Crippen molar-refractivity contribution >= 4 is 34.0 Å². The van der Waals surface area contributed by atoms with Gasteiger partial charge in [-0.3, -0.25) is 9.59 Å². The SMILES string of the molecule is Cc1nn(CC(=O)NCc2ccc(C(=O)O)s2)c(=O)c2ccccc12. The Morgan fingerprint density at radius 3 is 2.60 bits per heavy atom. The van der Waals surface area contributed by atoms with Gasteiger partial charge in [-0.15, -0.1) is 11.3 Å². The number of benzene rings is 1. The maximum Gasteiger partial charge on any atom is 0.345 e. The number of carboxylic acid groups (broad SMARTS) is 1. The predicted octanol–water partition coefficient (Wildman–Crippen LogP) is 1.78. The number of aromatic carboxylic acids is 1. The summed E-state index contributed by atoms with van der Waals surface area (Å²) < 4.78 is 1.14. The first-order valence-corrected chi connectivity index (χ1v) is 8.32. The van der Waals surface area contributed by atoms with Gasteiger partial charge in [0.15, 0.2) is 0 Å². The fraction of sp³-hybridized carbons (Fsp3) is 0.176. The van der Waals surface area contributed by atoms with E-state index >= 15 is 0 Å². The minimum Gasteiger partial charge on any atom is -0.477 e. The summed E-state index contributed by atoms with van der Waals surface area (Å²) in [6.07, 6.45) is 0. The fourth-order valence-corrected chi connectivity index (χ4v) is 3.26. The normalized spacial score (nSPS) is 10.8. The molecule has 7 nitrogen and oxygen atoms in total. The van der Waals surface area contributed by atoms with E-state index in [0.29, 0.717) is 11.1 Å². The van der Waals surface area contributed by atoms with Crippen LogP contribution < -0.4 is 10.9 Å². The number of rotatable bonds is 5. The van der Waals surface area contributed by atoms with Gasteiger partial charge in [0.1, 0.15) is 11.4 Å². The summed E-state index contributed by atoms with van der Waals surface area (Å²) in [5, 5.41) is 17.0. The van der Waals surface area contributed by atoms with Gasteiger partial charge >= 0.3 is 5.97 Å². The van der Waals surface area contributed by atoms with Gasteiger partial charge in [-0.2, -0.15) is 5.10 Å². The number of thiophene rings is 1. The number of hydrogen-bond acceptors (Lipinski definition) is 5. The van der Waals surface area contributed by atoms with Crippen LogP contribution in [0.2, 0.25) is 0 Å². The Bertz CT molecular complexity index is 1020. The molecule has 0 aliphatic carbocycles. The average Bonchev–Trinajstić information content (AvgIpc) is 3.07. The monoisotopic (exact) mass is 357 g/mol. The van der Waals surface area contributed by atoms with E-state index in [4.69, 9.17) is 5.11 Å². The molecule has 2 heterocycles. The van der Waals surface area contributed by atoms with Crippen molar-refractivity contribution in [2.75, 3.05) is 0 Å². The van der Waals surface area contributed by atoms with Crippen molar-refractivity contribution in [3.8, 4) is 0 Å². The zero-order valence-corrected chi connectivity index (χ0v) is 14.2. The highest BCUT2D eigenvalue weighted by molar-refractivity contribution is 7.13. The lowest BCUT2D eigenvalue weighted by atomic mass is 10.1. The third kappa shape index (κ3) is 3.58. The summed E-state index contributed by atoms with van der Waals surface area (Å²) in [5.74, 6) is -1.36. The number of fused-ring (bicyclic) bond motifs is 1. The van der Waals surface area contributed by atoms with Gasteiger partial charge in [-0.25, -0.2) is 9.48 Å². The van der Waals surface area contributed by atoms with E-state index in [9.17, 15) is 14.4 Å². The van der Waals surface area contributed by atoms with Crippen molar-refractivity contribution < 1.29 is 14.7 Å². The number of aromatic nitrogens is 2. The molecule has 1 amide bonds. The minimum atomic E-state index is -0.995. The summed E-state index contributed by atoms with van der Waals surface area (Å²) in [6, 6.07) is 10.3. The molecule has 2 aromatic heterocycles. The first-order chi connectivity index (χ1) is 12.0. The maximum absolute atomic E-state index is 12.4. The van der Waals surface area contributed by atoms with Crippen LogP contribution in [0.1, 0.15) is 20.2 Å². The summed E-state index contributed by atoms with van der Waals surface area (Å²) >= 11 is 1.10. The smallest absolute Gasteiger partial charge is 0.345 e. The quantitative estimate of drug-likeness (QED) is 0.725. The summed E-state index contributed by atoms with van der Waals surface area (Å²) in [4.78, 5) is 36.3. The van der Waals surface area contributed by atoms with Crippen molar-refractivity contribution in [2.24, 2.45) is 0 Å². The van der Waals surface area contributed by atoms with E-state index < -0.39 is 5.97 Å². The summed E-state index contributed by atoms with van der Waals surface area (Å²) in [5.41, 5.74) is 0.355. The second-order valence-electron chi connectivity index (χ2n) is 5.44. The molecule has 0 saturated carbocycles. The van der Waals surface area contributed by atoms with Crippen molar-refractivity contribution in [2.45, 2.75) is 20.0 Å². The molecule has 3 rings (SSSR count). The molecule has 0 radical (unpaired) electrons. The number of nitrogens with one attached hydrogen (secondary N) is 1. The Kier molecular flexibility index (Phi) is 4.62. The number of hydrogen-bond donors (Lipinski definition) is 2. The molecule has 8 heteroatoms. The Morgan fingerprint density at radius 1 is 1.20 bits per heavy atom. The van der Waals surface area contributed by atoms with Crippen LogP contribution >= 0.6 is 11.3 Å². The van der Waals surface area contributed by atoms with Gasteiger partial charge in [0, 0.05) is 10.3 Å². The molecule has 0 atom stereocenters. The number of aryl methyl sites for hydroxylation is 1. The van der Waals surface area contributed by atoms with E-state index in [-0.39, 0.29) is 29.4 Å². The van der Waals surface area contributed by atoms with E-state index in [2.05, 4.69) is 10.4 Å². The molecule has 128 valence electrons. The van der Waals surface area contributed by atoms with Gasteiger partial charge in [-0.05, 0) is 25.1 Å². The van der Waals surface area contributed by atoms with Gasteiger partial charge in [-0.1, -0.05) is 18.2 Å². The molecule has 0 fully saturated rings. The number of carbonyl (C=O) groups is 2. The average molecular weight is 357 g/mol. The van der Waals surface area contributed by atoms with E-state index in [1.165, 1.54) is 6.07 Å². The lowest BCUT2D eigenvalue weighted by molar-refractivity contribution is -0.122. The van der Waals surface area contributed by atoms with Gasteiger partial charge in [0.05, 0.1) is 17.6 Å². The Balaban J connectivity index is 1.72. The predicted molar refractivity (Wildman–Crippen MR) is 93.9 cm³/mol. The topological polar surface area (TPSA) is 101 Å². The van der Waals surface area contributed by atoms with Crippen LogP contribution in [0, 0.1) is 6.92 Å².